The van der Waals surface area contributed by atoms with Crippen molar-refractivity contribution in [3.63, 3.8) is 0 Å². The molecular formula is C16H20Cl2N2O. The second-order valence-electron chi connectivity index (χ2n) is 6.22. The highest BCUT2D eigenvalue weighted by Gasteiger charge is 2.48. The Morgan fingerprint density at radius 3 is 2.57 bits per heavy atom. The van der Waals surface area contributed by atoms with Gasteiger partial charge in [0, 0.05) is 19.1 Å². The third-order valence-corrected chi connectivity index (χ3v) is 5.57. The maximum atomic E-state index is 13.0. The number of nitrogens with zero attached hydrogens (tertiary/aromatic N) is 1. The molecule has 1 aromatic carbocycles. The summed E-state index contributed by atoms with van der Waals surface area (Å²) in [5.74, 6) is 0.210. The lowest BCUT2D eigenvalue weighted by molar-refractivity contribution is -0.142. The topological polar surface area (TPSA) is 46.3 Å². The predicted octanol–water partition coefficient (Wildman–Crippen LogP) is 3.36. The van der Waals surface area contributed by atoms with Crippen LogP contribution >= 0.6 is 23.2 Å². The van der Waals surface area contributed by atoms with Gasteiger partial charge in [0.15, 0.2) is 0 Å². The highest BCUT2D eigenvalue weighted by molar-refractivity contribution is 6.42. The van der Waals surface area contributed by atoms with Gasteiger partial charge in [-0.25, -0.2) is 0 Å². The summed E-state index contributed by atoms with van der Waals surface area (Å²) in [6.07, 6.45) is 4.84. The zero-order valence-corrected chi connectivity index (χ0v) is 13.5. The molecule has 2 fully saturated rings. The SMILES string of the molecule is NC1CCCN(C(=O)C2(c3ccc(Cl)c(Cl)c3)CCC2)C1. The summed E-state index contributed by atoms with van der Waals surface area (Å²) in [6.45, 7) is 1.48. The standard InChI is InChI=1S/C16H20Cl2N2O/c17-13-5-4-11(9-14(13)18)16(6-2-7-16)15(21)20-8-1-3-12(19)10-20/h4-5,9,12H,1-3,6-8,10,19H2. The molecule has 2 aliphatic rings. The summed E-state index contributed by atoms with van der Waals surface area (Å²) >= 11 is 12.1. The summed E-state index contributed by atoms with van der Waals surface area (Å²) < 4.78 is 0. The number of hydrogen-bond donors (Lipinski definition) is 1. The molecule has 2 N–H and O–H groups in total. The van der Waals surface area contributed by atoms with Crippen molar-refractivity contribution in [1.82, 2.24) is 4.90 Å². The largest absolute Gasteiger partial charge is 0.340 e. The normalized spacial score (nSPS) is 24.5. The second kappa shape index (κ2) is 5.79. The van der Waals surface area contributed by atoms with Crippen LogP contribution in [-0.2, 0) is 10.2 Å². The van der Waals surface area contributed by atoms with Crippen molar-refractivity contribution in [2.24, 2.45) is 5.73 Å². The van der Waals surface area contributed by atoms with Crippen LogP contribution in [0.25, 0.3) is 0 Å². The Morgan fingerprint density at radius 1 is 1.24 bits per heavy atom. The first-order chi connectivity index (χ1) is 10.0. The first kappa shape index (κ1) is 15.1. The minimum absolute atomic E-state index is 0.105. The fourth-order valence-corrected chi connectivity index (χ4v) is 3.75. The summed E-state index contributed by atoms with van der Waals surface area (Å²) in [6, 6.07) is 5.68. The predicted molar refractivity (Wildman–Crippen MR) is 85.8 cm³/mol. The van der Waals surface area contributed by atoms with Gasteiger partial charge in [-0.2, -0.15) is 0 Å². The van der Waals surface area contributed by atoms with Crippen molar-refractivity contribution >= 4 is 29.1 Å². The molecule has 114 valence electrons. The number of halogens is 2. The average molecular weight is 327 g/mol. The zero-order chi connectivity index (χ0) is 15.0. The summed E-state index contributed by atoms with van der Waals surface area (Å²) in [5, 5.41) is 1.05. The minimum atomic E-state index is -0.411. The molecule has 1 aliphatic carbocycles. The van der Waals surface area contributed by atoms with Gasteiger partial charge in [0.25, 0.3) is 0 Å². The van der Waals surface area contributed by atoms with Crippen molar-refractivity contribution in [3.8, 4) is 0 Å². The number of carbonyl (C=O) groups excluding carboxylic acids is 1. The molecule has 1 unspecified atom stereocenters. The zero-order valence-electron chi connectivity index (χ0n) is 11.9. The molecule has 21 heavy (non-hydrogen) atoms. The Labute approximate surface area is 135 Å². The molecule has 5 heteroatoms. The Kier molecular flexibility index (Phi) is 4.17. The number of rotatable bonds is 2. The van der Waals surface area contributed by atoms with Crippen LogP contribution in [0.2, 0.25) is 10.0 Å². The van der Waals surface area contributed by atoms with Crippen LogP contribution in [0.3, 0.4) is 0 Å². The average Bonchev–Trinajstić information content (AvgIpc) is 2.41. The van der Waals surface area contributed by atoms with E-state index < -0.39 is 5.41 Å². The van der Waals surface area contributed by atoms with Crippen LogP contribution in [-0.4, -0.2) is 29.9 Å². The molecule has 0 radical (unpaired) electrons. The maximum Gasteiger partial charge on any atom is 0.233 e. The molecule has 1 amide bonds. The molecule has 3 rings (SSSR count). The van der Waals surface area contributed by atoms with Gasteiger partial charge in [0.05, 0.1) is 15.5 Å². The lowest BCUT2D eigenvalue weighted by atomic mass is 9.63. The molecule has 0 spiro atoms. The molecule has 3 nitrogen and oxygen atoms in total. The van der Waals surface area contributed by atoms with Gasteiger partial charge in [-0.1, -0.05) is 35.7 Å². The van der Waals surface area contributed by atoms with Gasteiger partial charge in [0.1, 0.15) is 0 Å². The van der Waals surface area contributed by atoms with E-state index in [1.54, 1.807) is 6.07 Å². The van der Waals surface area contributed by atoms with E-state index in [0.29, 0.717) is 16.6 Å². The quantitative estimate of drug-likeness (QED) is 0.905. The molecule has 1 atom stereocenters. The van der Waals surface area contributed by atoms with E-state index in [1.807, 2.05) is 17.0 Å². The third kappa shape index (κ3) is 2.67. The smallest absolute Gasteiger partial charge is 0.233 e. The van der Waals surface area contributed by atoms with Gasteiger partial charge in [-0.3, -0.25) is 4.79 Å². The van der Waals surface area contributed by atoms with E-state index in [0.717, 1.165) is 44.2 Å². The number of carbonyl (C=O) groups is 1. The fourth-order valence-electron chi connectivity index (χ4n) is 3.45. The monoisotopic (exact) mass is 326 g/mol. The van der Waals surface area contributed by atoms with Crippen molar-refractivity contribution in [2.75, 3.05) is 13.1 Å². The summed E-state index contributed by atoms with van der Waals surface area (Å²) in [4.78, 5) is 15.0. The van der Waals surface area contributed by atoms with E-state index >= 15 is 0 Å². The Balaban J connectivity index is 1.88. The maximum absolute atomic E-state index is 13.0. The number of piperidine rings is 1. The summed E-state index contributed by atoms with van der Waals surface area (Å²) in [7, 11) is 0. The Morgan fingerprint density at radius 2 is 2.00 bits per heavy atom. The van der Waals surface area contributed by atoms with E-state index in [4.69, 9.17) is 28.9 Å². The first-order valence-corrected chi connectivity index (χ1v) is 8.29. The van der Waals surface area contributed by atoms with Crippen molar-refractivity contribution in [2.45, 2.75) is 43.6 Å². The molecule has 0 aromatic heterocycles. The molecule has 1 saturated carbocycles. The second-order valence-corrected chi connectivity index (χ2v) is 7.03. The minimum Gasteiger partial charge on any atom is -0.340 e. The van der Waals surface area contributed by atoms with Crippen LogP contribution in [0.15, 0.2) is 18.2 Å². The van der Waals surface area contributed by atoms with E-state index in [-0.39, 0.29) is 11.9 Å². The molecule has 1 aliphatic heterocycles. The third-order valence-electron chi connectivity index (χ3n) is 4.83. The number of benzene rings is 1. The number of nitrogens with two attached hydrogens (primary N) is 1. The number of amides is 1. The number of hydrogen-bond acceptors (Lipinski definition) is 2. The highest BCUT2D eigenvalue weighted by Crippen LogP contribution is 2.46. The van der Waals surface area contributed by atoms with Crippen LogP contribution in [0, 0.1) is 0 Å². The van der Waals surface area contributed by atoms with Gasteiger partial charge < -0.3 is 10.6 Å². The van der Waals surface area contributed by atoms with Gasteiger partial charge in [-0.05, 0) is 43.4 Å². The van der Waals surface area contributed by atoms with Crippen molar-refractivity contribution in [3.05, 3.63) is 33.8 Å². The van der Waals surface area contributed by atoms with Crippen LogP contribution in [0.5, 0.6) is 0 Å². The van der Waals surface area contributed by atoms with Gasteiger partial charge in [-0.15, -0.1) is 0 Å². The van der Waals surface area contributed by atoms with Crippen molar-refractivity contribution in [1.29, 1.82) is 0 Å². The fraction of sp³-hybridized carbons (Fsp3) is 0.562. The molecular weight excluding hydrogens is 307 g/mol. The van der Waals surface area contributed by atoms with Crippen LogP contribution in [0.4, 0.5) is 0 Å². The lowest BCUT2D eigenvalue weighted by Crippen LogP contribution is -2.55. The summed E-state index contributed by atoms with van der Waals surface area (Å²) in [5.41, 5.74) is 6.60. The Bertz CT molecular complexity index is 557. The van der Waals surface area contributed by atoms with Crippen molar-refractivity contribution < 1.29 is 4.79 Å². The van der Waals surface area contributed by atoms with Gasteiger partial charge in [0.2, 0.25) is 5.91 Å². The van der Waals surface area contributed by atoms with Crippen LogP contribution in [0.1, 0.15) is 37.7 Å². The molecule has 0 bridgehead atoms. The molecule has 1 saturated heterocycles. The Hall–Kier alpha value is -0.770. The van der Waals surface area contributed by atoms with E-state index in [2.05, 4.69) is 0 Å². The van der Waals surface area contributed by atoms with E-state index in [1.165, 1.54) is 0 Å². The highest BCUT2D eigenvalue weighted by atomic mass is 35.5. The number of likely N-dealkylation sites (tertiary alicyclic amines) is 1. The van der Waals surface area contributed by atoms with Gasteiger partial charge >= 0.3 is 0 Å². The lowest BCUT2D eigenvalue weighted by Gasteiger charge is -2.45. The first-order valence-electron chi connectivity index (χ1n) is 7.53. The van der Waals surface area contributed by atoms with E-state index in [9.17, 15) is 4.79 Å². The molecule has 1 heterocycles. The molecule has 1 aromatic rings. The van der Waals surface area contributed by atoms with Crippen LogP contribution < -0.4 is 5.73 Å².